The molecule has 0 aliphatic heterocycles. The molecule has 0 spiro atoms. The summed E-state index contributed by atoms with van der Waals surface area (Å²) in [4.78, 5) is 37.3. The lowest BCUT2D eigenvalue weighted by atomic mass is 10.0. The zero-order valence-electron chi connectivity index (χ0n) is 17.8. The molecule has 8 heteroatoms. The zero-order valence-corrected chi connectivity index (χ0v) is 18.5. The fourth-order valence-electron chi connectivity index (χ4n) is 2.92. The van der Waals surface area contributed by atoms with E-state index >= 15 is 0 Å². The summed E-state index contributed by atoms with van der Waals surface area (Å²) in [6, 6.07) is 14.4. The van der Waals surface area contributed by atoms with Gasteiger partial charge in [-0.1, -0.05) is 67.9 Å². The van der Waals surface area contributed by atoms with Gasteiger partial charge >= 0.3 is 12.1 Å². The number of rotatable bonds is 9. The van der Waals surface area contributed by atoms with Crippen LogP contribution in [0.3, 0.4) is 0 Å². The molecule has 0 saturated heterocycles. The average Bonchev–Trinajstić information content (AvgIpc) is 2.75. The standard InChI is InChI=1S/C23H27ClN2O5/c1-15(2)20(26-23(29)31-14-16-8-5-4-6-9-16)21(27)25-19(22(28)30-3)13-17-10-7-11-18(24)12-17/h4-12,15,19-20H,13-14H2,1-3H3,(H,25,27)(H,26,29)/t19-,20+/m0/s1. The van der Waals surface area contributed by atoms with E-state index in [4.69, 9.17) is 21.1 Å². The highest BCUT2D eigenvalue weighted by Crippen LogP contribution is 2.13. The summed E-state index contributed by atoms with van der Waals surface area (Å²) in [6.45, 7) is 3.65. The molecule has 0 aliphatic carbocycles. The number of hydrogen-bond donors (Lipinski definition) is 2. The van der Waals surface area contributed by atoms with Crippen molar-refractivity contribution in [3.8, 4) is 0 Å². The Morgan fingerprint density at radius 3 is 2.26 bits per heavy atom. The molecule has 2 aromatic carbocycles. The van der Waals surface area contributed by atoms with Gasteiger partial charge in [0.2, 0.25) is 5.91 Å². The predicted molar refractivity (Wildman–Crippen MR) is 117 cm³/mol. The molecule has 0 heterocycles. The topological polar surface area (TPSA) is 93.7 Å². The molecule has 0 bridgehead atoms. The lowest BCUT2D eigenvalue weighted by molar-refractivity contribution is -0.145. The van der Waals surface area contributed by atoms with Crippen LogP contribution in [0.25, 0.3) is 0 Å². The monoisotopic (exact) mass is 446 g/mol. The first-order valence-electron chi connectivity index (χ1n) is 9.90. The van der Waals surface area contributed by atoms with Crippen LogP contribution in [0, 0.1) is 5.92 Å². The maximum absolute atomic E-state index is 12.9. The van der Waals surface area contributed by atoms with E-state index in [9.17, 15) is 14.4 Å². The smallest absolute Gasteiger partial charge is 0.408 e. The molecule has 2 amide bonds. The van der Waals surface area contributed by atoms with Crippen molar-refractivity contribution >= 4 is 29.6 Å². The van der Waals surface area contributed by atoms with Crippen molar-refractivity contribution in [2.45, 2.75) is 39.0 Å². The fourth-order valence-corrected chi connectivity index (χ4v) is 3.14. The number of benzene rings is 2. The van der Waals surface area contributed by atoms with Gasteiger partial charge in [-0.3, -0.25) is 4.79 Å². The van der Waals surface area contributed by atoms with Crippen molar-refractivity contribution in [1.29, 1.82) is 0 Å². The van der Waals surface area contributed by atoms with E-state index in [1.54, 1.807) is 38.1 Å². The van der Waals surface area contributed by atoms with Gasteiger partial charge in [-0.15, -0.1) is 0 Å². The first-order chi connectivity index (χ1) is 14.8. The number of methoxy groups -OCH3 is 1. The molecular formula is C23H27ClN2O5. The summed E-state index contributed by atoms with van der Waals surface area (Å²) in [6.07, 6.45) is -0.524. The van der Waals surface area contributed by atoms with Gasteiger partial charge in [-0.05, 0) is 29.2 Å². The number of ether oxygens (including phenoxy) is 2. The van der Waals surface area contributed by atoms with Crippen LogP contribution in [-0.2, 0) is 32.1 Å². The van der Waals surface area contributed by atoms with Crippen LogP contribution in [0.15, 0.2) is 54.6 Å². The van der Waals surface area contributed by atoms with Crippen molar-refractivity contribution in [2.75, 3.05) is 7.11 Å². The minimum Gasteiger partial charge on any atom is -0.467 e. The van der Waals surface area contributed by atoms with Crippen molar-refractivity contribution < 1.29 is 23.9 Å². The fraction of sp³-hybridized carbons (Fsp3) is 0.348. The molecule has 0 saturated carbocycles. The number of carbonyl (C=O) groups is 3. The van der Waals surface area contributed by atoms with Crippen molar-refractivity contribution in [2.24, 2.45) is 5.92 Å². The lowest BCUT2D eigenvalue weighted by Crippen LogP contribution is -2.54. The van der Waals surface area contributed by atoms with Gasteiger partial charge in [-0.2, -0.15) is 0 Å². The third kappa shape index (κ3) is 7.94. The average molecular weight is 447 g/mol. The second-order valence-corrected chi connectivity index (χ2v) is 7.78. The molecule has 2 rings (SSSR count). The Hall–Kier alpha value is -3.06. The van der Waals surface area contributed by atoms with E-state index in [2.05, 4.69) is 10.6 Å². The third-order valence-electron chi connectivity index (χ3n) is 4.57. The maximum atomic E-state index is 12.9. The number of carbonyl (C=O) groups excluding carboxylic acids is 3. The summed E-state index contributed by atoms with van der Waals surface area (Å²) in [5.74, 6) is -1.35. The minimum absolute atomic E-state index is 0.0820. The Morgan fingerprint density at radius 1 is 0.968 bits per heavy atom. The van der Waals surface area contributed by atoms with Crippen LogP contribution in [0.1, 0.15) is 25.0 Å². The first kappa shape index (κ1) is 24.2. The number of esters is 1. The quantitative estimate of drug-likeness (QED) is 0.575. The summed E-state index contributed by atoms with van der Waals surface area (Å²) in [5.41, 5.74) is 1.59. The maximum Gasteiger partial charge on any atom is 0.408 e. The van der Waals surface area contributed by atoms with Gasteiger partial charge in [0.15, 0.2) is 0 Å². The van der Waals surface area contributed by atoms with Crippen LogP contribution in [0.2, 0.25) is 5.02 Å². The van der Waals surface area contributed by atoms with Crippen molar-refractivity contribution in [1.82, 2.24) is 10.6 Å². The van der Waals surface area contributed by atoms with Crippen molar-refractivity contribution in [3.05, 3.63) is 70.7 Å². The highest BCUT2D eigenvalue weighted by atomic mass is 35.5. The molecule has 2 aromatic rings. The Labute approximate surface area is 187 Å². The third-order valence-corrected chi connectivity index (χ3v) is 4.80. The Bertz CT molecular complexity index is 889. The largest absolute Gasteiger partial charge is 0.467 e. The van der Waals surface area contributed by atoms with Crippen LogP contribution in [0.5, 0.6) is 0 Å². The zero-order chi connectivity index (χ0) is 22.8. The molecule has 166 valence electrons. The number of hydrogen-bond acceptors (Lipinski definition) is 5. The number of amides is 2. The molecular weight excluding hydrogens is 420 g/mol. The summed E-state index contributed by atoms with van der Waals surface area (Å²) in [7, 11) is 1.25. The SMILES string of the molecule is COC(=O)[C@H](Cc1cccc(Cl)c1)NC(=O)[C@H](NC(=O)OCc1ccccc1)C(C)C. The molecule has 0 radical (unpaired) electrons. The Balaban J connectivity index is 2.02. The Morgan fingerprint density at radius 2 is 1.65 bits per heavy atom. The number of nitrogens with one attached hydrogen (secondary N) is 2. The molecule has 0 aliphatic rings. The van der Waals surface area contributed by atoms with Gasteiger partial charge < -0.3 is 20.1 Å². The lowest BCUT2D eigenvalue weighted by Gasteiger charge is -2.24. The van der Waals surface area contributed by atoms with Gasteiger partial charge in [0.25, 0.3) is 0 Å². The minimum atomic E-state index is -0.931. The van der Waals surface area contributed by atoms with Gasteiger partial charge in [0.05, 0.1) is 7.11 Å². The first-order valence-corrected chi connectivity index (χ1v) is 10.3. The van der Waals surface area contributed by atoms with E-state index in [0.29, 0.717) is 5.02 Å². The van der Waals surface area contributed by atoms with E-state index in [1.165, 1.54) is 7.11 Å². The molecule has 2 atom stereocenters. The van der Waals surface area contributed by atoms with E-state index in [1.807, 2.05) is 30.3 Å². The van der Waals surface area contributed by atoms with Crippen LogP contribution < -0.4 is 10.6 Å². The van der Waals surface area contributed by atoms with E-state index in [0.717, 1.165) is 11.1 Å². The van der Waals surface area contributed by atoms with Gasteiger partial charge in [0, 0.05) is 11.4 Å². The molecule has 0 fully saturated rings. The van der Waals surface area contributed by atoms with Crippen LogP contribution in [0.4, 0.5) is 4.79 Å². The molecule has 7 nitrogen and oxygen atoms in total. The summed E-state index contributed by atoms with van der Waals surface area (Å²) < 4.78 is 10.0. The normalized spacial score (nSPS) is 12.5. The van der Waals surface area contributed by atoms with E-state index in [-0.39, 0.29) is 18.9 Å². The summed E-state index contributed by atoms with van der Waals surface area (Å²) >= 11 is 6.01. The highest BCUT2D eigenvalue weighted by molar-refractivity contribution is 6.30. The predicted octanol–water partition coefficient (Wildman–Crippen LogP) is 3.49. The van der Waals surface area contributed by atoms with Crippen molar-refractivity contribution in [3.63, 3.8) is 0 Å². The number of alkyl carbamates (subject to hydrolysis) is 1. The van der Waals surface area contributed by atoms with Crippen LogP contribution in [-0.4, -0.2) is 37.2 Å². The van der Waals surface area contributed by atoms with Crippen LogP contribution >= 0.6 is 11.6 Å². The molecule has 2 N–H and O–H groups in total. The van der Waals surface area contributed by atoms with Gasteiger partial charge in [0.1, 0.15) is 18.7 Å². The summed E-state index contributed by atoms with van der Waals surface area (Å²) in [5, 5.41) is 5.77. The second kappa shape index (κ2) is 12.0. The second-order valence-electron chi connectivity index (χ2n) is 7.35. The Kier molecular flexibility index (Phi) is 9.34. The molecule has 0 aromatic heterocycles. The highest BCUT2D eigenvalue weighted by Gasteiger charge is 2.29. The molecule has 0 unspecified atom stereocenters. The van der Waals surface area contributed by atoms with Gasteiger partial charge in [-0.25, -0.2) is 9.59 Å². The number of halogens is 1. The molecule has 31 heavy (non-hydrogen) atoms. The van der Waals surface area contributed by atoms with E-state index < -0.39 is 30.1 Å².